The number of nitrogens with zero attached hydrogens (tertiary/aromatic N) is 2. The first kappa shape index (κ1) is 28.7. The number of benzene rings is 3. The molecule has 0 aliphatic heterocycles. The third-order valence-electron chi connectivity index (χ3n) is 6.15. The van der Waals surface area contributed by atoms with Gasteiger partial charge in [-0.15, -0.1) is 0 Å². The van der Waals surface area contributed by atoms with Crippen molar-refractivity contribution in [2.45, 2.75) is 37.6 Å². The normalized spacial score (nSPS) is 11.9. The van der Waals surface area contributed by atoms with Crippen LogP contribution in [0.1, 0.15) is 25.8 Å². The van der Waals surface area contributed by atoms with Crippen LogP contribution >= 0.6 is 0 Å². The third-order valence-corrected chi connectivity index (χ3v) is 7.94. The van der Waals surface area contributed by atoms with Crippen molar-refractivity contribution in [2.24, 2.45) is 0 Å². The molecule has 0 spiro atoms. The van der Waals surface area contributed by atoms with Gasteiger partial charge >= 0.3 is 0 Å². The lowest BCUT2D eigenvalue weighted by Crippen LogP contribution is -2.52. The molecule has 2 amide bonds. The van der Waals surface area contributed by atoms with Crippen molar-refractivity contribution < 1.29 is 22.7 Å². The molecule has 9 heteroatoms. The van der Waals surface area contributed by atoms with E-state index in [-0.39, 0.29) is 23.0 Å². The average molecular weight is 538 g/mol. The topological polar surface area (TPSA) is 96.0 Å². The molecule has 0 bridgehead atoms. The average Bonchev–Trinajstić information content (AvgIpc) is 2.95. The lowest BCUT2D eigenvalue weighted by Gasteiger charge is -2.32. The zero-order valence-corrected chi connectivity index (χ0v) is 22.9. The van der Waals surface area contributed by atoms with Crippen LogP contribution in [0.2, 0.25) is 0 Å². The fourth-order valence-corrected chi connectivity index (χ4v) is 5.41. The van der Waals surface area contributed by atoms with Crippen LogP contribution < -0.4 is 14.4 Å². The van der Waals surface area contributed by atoms with Crippen LogP contribution in [0.5, 0.6) is 5.75 Å². The summed E-state index contributed by atoms with van der Waals surface area (Å²) < 4.78 is 33.9. The number of hydrogen-bond donors (Lipinski definition) is 1. The number of amides is 2. The number of nitrogens with one attached hydrogen (secondary N) is 1. The van der Waals surface area contributed by atoms with E-state index in [9.17, 15) is 18.0 Å². The molecule has 0 saturated carbocycles. The number of ether oxygens (including phenoxy) is 1. The van der Waals surface area contributed by atoms with Gasteiger partial charge in [0, 0.05) is 19.2 Å². The lowest BCUT2D eigenvalue weighted by atomic mass is 10.1. The summed E-state index contributed by atoms with van der Waals surface area (Å²) in [6.07, 6.45) is 1.28. The summed E-state index contributed by atoms with van der Waals surface area (Å²) in [5, 5.41) is 2.84. The molecule has 38 heavy (non-hydrogen) atoms. The highest BCUT2D eigenvalue weighted by Crippen LogP contribution is 2.27. The zero-order chi connectivity index (χ0) is 27.5. The van der Waals surface area contributed by atoms with Gasteiger partial charge in [-0.1, -0.05) is 61.5 Å². The maximum absolute atomic E-state index is 13.8. The summed E-state index contributed by atoms with van der Waals surface area (Å²) in [6.45, 7) is 3.87. The maximum Gasteiger partial charge on any atom is 0.264 e. The summed E-state index contributed by atoms with van der Waals surface area (Å²) in [5.74, 6) is -0.314. The third kappa shape index (κ3) is 7.35. The van der Waals surface area contributed by atoms with Crippen molar-refractivity contribution in [3.05, 3.63) is 90.5 Å². The first-order chi connectivity index (χ1) is 18.3. The van der Waals surface area contributed by atoms with E-state index in [2.05, 4.69) is 5.32 Å². The summed E-state index contributed by atoms with van der Waals surface area (Å²) in [6, 6.07) is 23.4. The minimum Gasteiger partial charge on any atom is -0.497 e. The van der Waals surface area contributed by atoms with Crippen LogP contribution in [0, 0.1) is 0 Å². The number of carbonyl (C=O) groups is 2. The van der Waals surface area contributed by atoms with E-state index in [1.54, 1.807) is 49.4 Å². The smallest absolute Gasteiger partial charge is 0.264 e. The fourth-order valence-electron chi connectivity index (χ4n) is 3.98. The minimum atomic E-state index is -4.11. The van der Waals surface area contributed by atoms with Gasteiger partial charge in [-0.3, -0.25) is 13.9 Å². The molecule has 0 fully saturated rings. The second kappa shape index (κ2) is 13.6. The Bertz CT molecular complexity index is 1300. The minimum absolute atomic E-state index is 0.0557. The molecule has 1 N–H and O–H groups in total. The van der Waals surface area contributed by atoms with E-state index in [0.29, 0.717) is 18.7 Å². The quantitative estimate of drug-likeness (QED) is 0.357. The number of rotatable bonds is 13. The van der Waals surface area contributed by atoms with Gasteiger partial charge in [0.05, 0.1) is 17.7 Å². The molecule has 202 valence electrons. The highest BCUT2D eigenvalue weighted by atomic mass is 32.2. The molecule has 0 aromatic heterocycles. The Labute approximate surface area is 225 Å². The highest BCUT2D eigenvalue weighted by molar-refractivity contribution is 7.92. The van der Waals surface area contributed by atoms with Crippen LogP contribution in [0.15, 0.2) is 89.8 Å². The summed E-state index contributed by atoms with van der Waals surface area (Å²) in [4.78, 5) is 28.2. The number of carbonyl (C=O) groups excluding carboxylic acids is 2. The first-order valence-electron chi connectivity index (χ1n) is 12.6. The van der Waals surface area contributed by atoms with E-state index >= 15 is 0 Å². The summed E-state index contributed by atoms with van der Waals surface area (Å²) in [5.41, 5.74) is 1.29. The van der Waals surface area contributed by atoms with Crippen LogP contribution in [0.3, 0.4) is 0 Å². The molecular formula is C29H35N3O5S. The van der Waals surface area contributed by atoms with Gasteiger partial charge in [0.1, 0.15) is 18.3 Å². The van der Waals surface area contributed by atoms with Crippen molar-refractivity contribution >= 4 is 27.5 Å². The second-order valence-electron chi connectivity index (χ2n) is 8.82. The highest BCUT2D eigenvalue weighted by Gasteiger charge is 2.32. The number of hydrogen-bond acceptors (Lipinski definition) is 5. The van der Waals surface area contributed by atoms with Crippen molar-refractivity contribution in [1.82, 2.24) is 10.2 Å². The Morgan fingerprint density at radius 2 is 1.61 bits per heavy atom. The van der Waals surface area contributed by atoms with E-state index in [1.165, 1.54) is 24.1 Å². The van der Waals surface area contributed by atoms with Gasteiger partial charge in [-0.2, -0.15) is 0 Å². The Hall–Kier alpha value is -3.85. The monoisotopic (exact) mass is 537 g/mol. The molecule has 0 unspecified atom stereocenters. The van der Waals surface area contributed by atoms with Crippen molar-refractivity contribution in [2.75, 3.05) is 31.0 Å². The van der Waals surface area contributed by atoms with Crippen LogP contribution in [-0.4, -0.2) is 57.9 Å². The SMILES string of the molecule is CCCNC(=O)[C@@H](C)N(CCc1ccccc1)C(=O)CN(c1cccc(OC)c1)S(=O)(=O)c1ccccc1. The van der Waals surface area contributed by atoms with Gasteiger partial charge < -0.3 is 15.0 Å². The van der Waals surface area contributed by atoms with Gasteiger partial charge in [0.2, 0.25) is 11.8 Å². The molecule has 8 nitrogen and oxygen atoms in total. The number of anilines is 1. The van der Waals surface area contributed by atoms with Crippen LogP contribution in [-0.2, 0) is 26.0 Å². The predicted molar refractivity (Wildman–Crippen MR) is 149 cm³/mol. The fraction of sp³-hybridized carbons (Fsp3) is 0.310. The van der Waals surface area contributed by atoms with Gasteiger partial charge in [0.15, 0.2) is 0 Å². The van der Waals surface area contributed by atoms with Crippen molar-refractivity contribution in [3.63, 3.8) is 0 Å². The van der Waals surface area contributed by atoms with E-state index < -0.39 is 28.5 Å². The Balaban J connectivity index is 1.97. The predicted octanol–water partition coefficient (Wildman–Crippen LogP) is 3.88. The Kier molecular flexibility index (Phi) is 10.3. The molecular weight excluding hydrogens is 502 g/mol. The van der Waals surface area contributed by atoms with Gasteiger partial charge in [0.25, 0.3) is 10.0 Å². The molecule has 0 saturated heterocycles. The van der Waals surface area contributed by atoms with E-state index in [1.807, 2.05) is 37.3 Å². The maximum atomic E-state index is 13.8. The standard InChI is InChI=1S/C29H35N3O5S/c1-4-19-30-29(34)23(2)31(20-18-24-12-7-5-8-13-24)28(33)22-32(25-14-11-15-26(21-25)37-3)38(35,36)27-16-9-6-10-17-27/h5-17,21,23H,4,18-20,22H2,1-3H3,(H,30,34)/t23-/m1/s1. The molecule has 0 aliphatic carbocycles. The molecule has 0 heterocycles. The Morgan fingerprint density at radius 1 is 0.947 bits per heavy atom. The van der Waals surface area contributed by atoms with Crippen molar-refractivity contribution in [3.8, 4) is 5.75 Å². The zero-order valence-electron chi connectivity index (χ0n) is 22.0. The number of sulfonamides is 1. The second-order valence-corrected chi connectivity index (χ2v) is 10.7. The Morgan fingerprint density at radius 3 is 2.24 bits per heavy atom. The molecule has 3 aromatic carbocycles. The van der Waals surface area contributed by atoms with Gasteiger partial charge in [-0.05, 0) is 49.6 Å². The van der Waals surface area contributed by atoms with E-state index in [0.717, 1.165) is 16.3 Å². The largest absolute Gasteiger partial charge is 0.497 e. The molecule has 3 rings (SSSR count). The lowest BCUT2D eigenvalue weighted by molar-refractivity contribution is -0.138. The summed E-state index contributed by atoms with van der Waals surface area (Å²) in [7, 11) is -2.62. The number of methoxy groups -OCH3 is 1. The summed E-state index contributed by atoms with van der Waals surface area (Å²) >= 11 is 0. The van der Waals surface area contributed by atoms with Crippen LogP contribution in [0.25, 0.3) is 0 Å². The molecule has 0 radical (unpaired) electrons. The molecule has 3 aromatic rings. The van der Waals surface area contributed by atoms with Gasteiger partial charge in [-0.25, -0.2) is 8.42 Å². The van der Waals surface area contributed by atoms with Crippen LogP contribution in [0.4, 0.5) is 5.69 Å². The van der Waals surface area contributed by atoms with E-state index in [4.69, 9.17) is 4.74 Å². The molecule has 1 atom stereocenters. The van der Waals surface area contributed by atoms with Crippen molar-refractivity contribution in [1.29, 1.82) is 0 Å². The molecule has 0 aliphatic rings. The first-order valence-corrected chi connectivity index (χ1v) is 14.0.